The predicted molar refractivity (Wildman–Crippen MR) is 119 cm³/mol. The molecule has 0 aliphatic carbocycles. The zero-order valence-electron chi connectivity index (χ0n) is 16.7. The minimum Gasteiger partial charge on any atom is -0.496 e. The van der Waals surface area contributed by atoms with E-state index in [0.717, 1.165) is 28.3 Å². The summed E-state index contributed by atoms with van der Waals surface area (Å²) in [5.41, 5.74) is 2.78. The number of nitrogens with one attached hydrogen (secondary N) is 1. The summed E-state index contributed by atoms with van der Waals surface area (Å²) in [6.07, 6.45) is 2.05. The van der Waals surface area contributed by atoms with Crippen LogP contribution in [0.1, 0.15) is 17.0 Å². The first-order valence-corrected chi connectivity index (χ1v) is 11.6. The van der Waals surface area contributed by atoms with Crippen molar-refractivity contribution in [3.63, 3.8) is 0 Å². The first kappa shape index (κ1) is 21.3. The second-order valence-electron chi connectivity index (χ2n) is 6.33. The smallest absolute Gasteiger partial charge is 0.230 e. The van der Waals surface area contributed by atoms with Crippen LogP contribution in [0.25, 0.3) is 11.5 Å². The maximum atomic E-state index is 12.2. The molecule has 2 aromatic carbocycles. The molecule has 152 valence electrons. The fraction of sp³-hybridized carbons (Fsp3) is 0.273. The fourth-order valence-electron chi connectivity index (χ4n) is 2.75. The largest absolute Gasteiger partial charge is 0.496 e. The Morgan fingerprint density at radius 3 is 2.66 bits per heavy atom. The number of carbonyl (C=O) groups is 1. The molecule has 29 heavy (non-hydrogen) atoms. The molecule has 1 aromatic heterocycles. The number of aromatic nitrogens is 1. The molecule has 0 radical (unpaired) electrons. The Balaban J connectivity index is 1.50. The average Bonchev–Trinajstić information content (AvgIpc) is 3.13. The van der Waals surface area contributed by atoms with Gasteiger partial charge in [-0.25, -0.2) is 4.98 Å². The van der Waals surface area contributed by atoms with Crippen molar-refractivity contribution in [3.05, 3.63) is 65.5 Å². The number of aryl methyl sites for hydroxylation is 1. The summed E-state index contributed by atoms with van der Waals surface area (Å²) in [5.74, 6) is 3.15. The normalized spacial score (nSPS) is 10.7. The number of hydrogen-bond acceptors (Lipinski definition) is 6. The summed E-state index contributed by atoms with van der Waals surface area (Å²) in [5, 5.41) is 2.93. The van der Waals surface area contributed by atoms with E-state index in [9.17, 15) is 4.79 Å². The average molecular weight is 429 g/mol. The van der Waals surface area contributed by atoms with Crippen molar-refractivity contribution in [1.82, 2.24) is 10.3 Å². The molecule has 5 nitrogen and oxygen atoms in total. The summed E-state index contributed by atoms with van der Waals surface area (Å²) in [6, 6.07) is 15.8. The van der Waals surface area contributed by atoms with Gasteiger partial charge in [-0.3, -0.25) is 4.79 Å². The van der Waals surface area contributed by atoms with Gasteiger partial charge in [-0.15, -0.1) is 23.5 Å². The molecule has 3 rings (SSSR count). The Labute approximate surface area is 179 Å². The van der Waals surface area contributed by atoms with E-state index in [-0.39, 0.29) is 5.91 Å². The number of rotatable bonds is 9. The quantitative estimate of drug-likeness (QED) is 0.488. The molecule has 0 aliphatic heterocycles. The monoisotopic (exact) mass is 428 g/mol. The van der Waals surface area contributed by atoms with Crippen LogP contribution in [0.3, 0.4) is 0 Å². The minimum absolute atomic E-state index is 0.0186. The highest BCUT2D eigenvalue weighted by atomic mass is 32.2. The van der Waals surface area contributed by atoms with Crippen molar-refractivity contribution in [3.8, 4) is 17.2 Å². The first-order valence-electron chi connectivity index (χ1n) is 9.17. The lowest BCUT2D eigenvalue weighted by Gasteiger charge is -2.09. The standard InChI is InChI=1S/C22H24N2O3S2/c1-15-19(24-22(27-15)16-8-10-18(28-3)11-9-16)13-29-14-21(25)23-12-17-6-4-5-7-20(17)26-2/h4-11H,12-14H2,1-3H3,(H,23,25). The number of nitrogens with zero attached hydrogens (tertiary/aromatic N) is 1. The van der Waals surface area contributed by atoms with Gasteiger partial charge in [0.25, 0.3) is 0 Å². The highest BCUT2D eigenvalue weighted by molar-refractivity contribution is 7.99. The van der Waals surface area contributed by atoms with Crippen LogP contribution in [-0.2, 0) is 17.1 Å². The van der Waals surface area contributed by atoms with Gasteiger partial charge in [0.05, 0.1) is 18.6 Å². The molecule has 1 amide bonds. The van der Waals surface area contributed by atoms with Gasteiger partial charge in [0.2, 0.25) is 11.8 Å². The van der Waals surface area contributed by atoms with Crippen LogP contribution in [-0.4, -0.2) is 30.0 Å². The summed E-state index contributed by atoms with van der Waals surface area (Å²) in [6.45, 7) is 2.35. The number of ether oxygens (including phenoxy) is 1. The van der Waals surface area contributed by atoms with Crippen LogP contribution in [0.15, 0.2) is 57.8 Å². The molecule has 0 saturated carbocycles. The molecule has 3 aromatic rings. The molecule has 0 saturated heterocycles. The highest BCUT2D eigenvalue weighted by Gasteiger charge is 2.12. The molecule has 0 fully saturated rings. The van der Waals surface area contributed by atoms with Crippen molar-refractivity contribution in [1.29, 1.82) is 0 Å². The fourth-order valence-corrected chi connectivity index (χ4v) is 4.01. The summed E-state index contributed by atoms with van der Waals surface area (Å²) in [7, 11) is 1.63. The molecule has 0 aliphatic rings. The van der Waals surface area contributed by atoms with Gasteiger partial charge >= 0.3 is 0 Å². The molecule has 0 spiro atoms. The van der Waals surface area contributed by atoms with E-state index in [0.29, 0.717) is 23.9 Å². The van der Waals surface area contributed by atoms with Gasteiger partial charge in [-0.1, -0.05) is 18.2 Å². The topological polar surface area (TPSA) is 64.4 Å². The summed E-state index contributed by atoms with van der Waals surface area (Å²) < 4.78 is 11.1. The van der Waals surface area contributed by atoms with Gasteiger partial charge in [0.15, 0.2) is 0 Å². The van der Waals surface area contributed by atoms with Crippen molar-refractivity contribution in [2.45, 2.75) is 24.1 Å². The second kappa shape index (κ2) is 10.4. The maximum absolute atomic E-state index is 12.2. The van der Waals surface area contributed by atoms with E-state index < -0.39 is 0 Å². The van der Waals surface area contributed by atoms with E-state index in [1.165, 1.54) is 16.7 Å². The van der Waals surface area contributed by atoms with Crippen molar-refractivity contribution in [2.24, 2.45) is 0 Å². The Morgan fingerprint density at radius 1 is 1.17 bits per heavy atom. The number of hydrogen-bond donors (Lipinski definition) is 1. The van der Waals surface area contributed by atoms with Gasteiger partial charge in [0, 0.05) is 28.3 Å². The summed E-state index contributed by atoms with van der Waals surface area (Å²) in [4.78, 5) is 18.0. The summed E-state index contributed by atoms with van der Waals surface area (Å²) >= 11 is 3.22. The molecule has 7 heteroatoms. The van der Waals surface area contributed by atoms with E-state index in [1.807, 2.05) is 49.6 Å². The third-order valence-corrected chi connectivity index (χ3v) is 6.06. The third-order valence-electron chi connectivity index (χ3n) is 4.37. The van der Waals surface area contributed by atoms with Gasteiger partial charge in [0.1, 0.15) is 11.5 Å². The number of thioether (sulfide) groups is 2. The Hall–Kier alpha value is -2.38. The number of methoxy groups -OCH3 is 1. The third kappa shape index (κ3) is 5.81. The molecular formula is C22H24N2O3S2. The lowest BCUT2D eigenvalue weighted by molar-refractivity contribution is -0.118. The van der Waals surface area contributed by atoms with Crippen LogP contribution in [0, 0.1) is 6.92 Å². The van der Waals surface area contributed by atoms with E-state index in [1.54, 1.807) is 18.9 Å². The molecule has 0 atom stereocenters. The van der Waals surface area contributed by atoms with Crippen molar-refractivity contribution < 1.29 is 13.9 Å². The number of oxazole rings is 1. The minimum atomic E-state index is -0.0186. The van der Waals surface area contributed by atoms with Gasteiger partial charge in [-0.05, 0) is 43.5 Å². The van der Waals surface area contributed by atoms with E-state index >= 15 is 0 Å². The van der Waals surface area contributed by atoms with Crippen LogP contribution in [0.5, 0.6) is 5.75 Å². The second-order valence-corrected chi connectivity index (χ2v) is 8.20. The molecular weight excluding hydrogens is 404 g/mol. The molecule has 0 unspecified atom stereocenters. The zero-order valence-corrected chi connectivity index (χ0v) is 18.4. The number of para-hydroxylation sites is 1. The van der Waals surface area contributed by atoms with Crippen LogP contribution in [0.4, 0.5) is 0 Å². The number of benzene rings is 2. The first-order chi connectivity index (χ1) is 14.1. The van der Waals surface area contributed by atoms with Crippen LogP contribution < -0.4 is 10.1 Å². The van der Waals surface area contributed by atoms with Gasteiger partial charge < -0.3 is 14.5 Å². The van der Waals surface area contributed by atoms with E-state index in [4.69, 9.17) is 9.15 Å². The van der Waals surface area contributed by atoms with Crippen molar-refractivity contribution in [2.75, 3.05) is 19.1 Å². The van der Waals surface area contributed by atoms with E-state index in [2.05, 4.69) is 22.4 Å². The highest BCUT2D eigenvalue weighted by Crippen LogP contribution is 2.26. The Kier molecular flexibility index (Phi) is 7.66. The number of amides is 1. The van der Waals surface area contributed by atoms with Crippen LogP contribution >= 0.6 is 23.5 Å². The SMILES string of the molecule is COc1ccccc1CNC(=O)CSCc1nc(-c2ccc(SC)cc2)oc1C. The number of carbonyl (C=O) groups excluding carboxylic acids is 1. The predicted octanol–water partition coefficient (Wildman–Crippen LogP) is 4.93. The zero-order chi connectivity index (χ0) is 20.6. The van der Waals surface area contributed by atoms with Crippen LogP contribution in [0.2, 0.25) is 0 Å². The Bertz CT molecular complexity index is 955. The lowest BCUT2D eigenvalue weighted by atomic mass is 10.2. The molecule has 1 heterocycles. The maximum Gasteiger partial charge on any atom is 0.230 e. The Morgan fingerprint density at radius 2 is 1.93 bits per heavy atom. The van der Waals surface area contributed by atoms with Gasteiger partial charge in [-0.2, -0.15) is 0 Å². The lowest BCUT2D eigenvalue weighted by Crippen LogP contribution is -2.24. The molecule has 1 N–H and O–H groups in total. The van der Waals surface area contributed by atoms with Crippen molar-refractivity contribution >= 4 is 29.4 Å². The molecule has 0 bridgehead atoms.